The first kappa shape index (κ1) is 18.5. The smallest absolute Gasteiger partial charge is 0.241 e. The Hall–Kier alpha value is -1.30. The van der Waals surface area contributed by atoms with Gasteiger partial charge in [0.15, 0.2) is 17.5 Å². The lowest BCUT2D eigenvalue weighted by atomic mass is 9.77. The third kappa shape index (κ3) is 4.46. The van der Waals surface area contributed by atoms with Crippen molar-refractivity contribution in [1.29, 1.82) is 0 Å². The van der Waals surface area contributed by atoms with E-state index in [9.17, 15) is 17.6 Å². The first-order valence-corrected chi connectivity index (χ1v) is 9.01. The van der Waals surface area contributed by atoms with Crippen LogP contribution in [0.3, 0.4) is 0 Å². The summed E-state index contributed by atoms with van der Waals surface area (Å²) in [5, 5.41) is 0. The van der Waals surface area contributed by atoms with Gasteiger partial charge >= 0.3 is 0 Å². The lowest BCUT2D eigenvalue weighted by Crippen LogP contribution is -2.35. The fraction of sp³-hybridized carbons (Fsp3) is 0.684. The van der Waals surface area contributed by atoms with Crippen molar-refractivity contribution >= 4 is 0 Å². The van der Waals surface area contributed by atoms with Gasteiger partial charge in [-0.3, -0.25) is 0 Å². The monoisotopic (exact) mass is 360 g/mol. The highest BCUT2D eigenvalue weighted by molar-refractivity contribution is 5.25. The number of hydrogen-bond acceptors (Lipinski definition) is 2. The second kappa shape index (κ2) is 7.94. The number of rotatable bonds is 4. The molecular formula is C19H24F4O2. The molecule has 0 N–H and O–H groups in total. The molecule has 0 aromatic heterocycles. The first-order chi connectivity index (χ1) is 11.9. The van der Waals surface area contributed by atoms with Crippen molar-refractivity contribution in [3.63, 3.8) is 0 Å². The summed E-state index contributed by atoms with van der Waals surface area (Å²) in [4.78, 5) is 0. The fourth-order valence-corrected chi connectivity index (χ4v) is 3.88. The molecule has 1 heterocycles. The molecule has 1 aliphatic heterocycles. The molecule has 0 radical (unpaired) electrons. The minimum Gasteiger partial charge on any atom is -0.460 e. The maximum absolute atomic E-state index is 14.4. The number of benzene rings is 1. The SMILES string of the molecule is CC1CCC(C2CCC(C(F)Oc3cc(F)c(F)c(F)c3)CC2)OC1. The second-order valence-electron chi connectivity index (χ2n) is 7.40. The number of hydrogen-bond donors (Lipinski definition) is 0. The summed E-state index contributed by atoms with van der Waals surface area (Å²) in [6, 6.07) is 1.35. The fourth-order valence-electron chi connectivity index (χ4n) is 3.88. The lowest BCUT2D eigenvalue weighted by molar-refractivity contribution is -0.0678. The van der Waals surface area contributed by atoms with Gasteiger partial charge in [0.05, 0.1) is 6.10 Å². The van der Waals surface area contributed by atoms with E-state index in [0.717, 1.165) is 25.9 Å². The largest absolute Gasteiger partial charge is 0.460 e. The summed E-state index contributed by atoms with van der Waals surface area (Å²) in [5.74, 6) is -3.94. The molecular weight excluding hydrogens is 336 g/mol. The van der Waals surface area contributed by atoms with Gasteiger partial charge in [0.1, 0.15) is 5.75 Å². The summed E-state index contributed by atoms with van der Waals surface area (Å²) >= 11 is 0. The molecule has 3 unspecified atom stereocenters. The summed E-state index contributed by atoms with van der Waals surface area (Å²) in [6.07, 6.45) is 3.84. The quantitative estimate of drug-likeness (QED) is 0.529. The molecule has 0 amide bonds. The van der Waals surface area contributed by atoms with E-state index in [1.807, 2.05) is 0 Å². The molecule has 2 fully saturated rings. The van der Waals surface area contributed by atoms with Gasteiger partial charge in [0.25, 0.3) is 0 Å². The maximum atomic E-state index is 14.4. The van der Waals surface area contributed by atoms with Crippen molar-refractivity contribution in [2.45, 2.75) is 57.9 Å². The van der Waals surface area contributed by atoms with Crippen molar-refractivity contribution in [3.05, 3.63) is 29.6 Å². The van der Waals surface area contributed by atoms with Crippen molar-refractivity contribution in [3.8, 4) is 5.75 Å². The van der Waals surface area contributed by atoms with Gasteiger partial charge in [-0.2, -0.15) is 0 Å². The van der Waals surface area contributed by atoms with Crippen LogP contribution in [0.4, 0.5) is 17.6 Å². The zero-order valence-electron chi connectivity index (χ0n) is 14.3. The number of alkyl halides is 1. The predicted octanol–water partition coefficient (Wildman–Crippen LogP) is 5.40. The third-order valence-electron chi connectivity index (χ3n) is 5.46. The van der Waals surface area contributed by atoms with Crippen LogP contribution in [0.1, 0.15) is 45.4 Å². The Morgan fingerprint density at radius 1 is 1.00 bits per heavy atom. The number of ether oxygens (including phenoxy) is 2. The van der Waals surface area contributed by atoms with E-state index in [1.54, 1.807) is 0 Å². The summed E-state index contributed by atoms with van der Waals surface area (Å²) < 4.78 is 64.6. The molecule has 1 saturated carbocycles. The third-order valence-corrected chi connectivity index (χ3v) is 5.46. The molecule has 0 bridgehead atoms. The van der Waals surface area contributed by atoms with Crippen molar-refractivity contribution in [1.82, 2.24) is 0 Å². The average Bonchev–Trinajstić information content (AvgIpc) is 2.60. The Bertz CT molecular complexity index is 556. The second-order valence-corrected chi connectivity index (χ2v) is 7.40. The Morgan fingerprint density at radius 3 is 2.20 bits per heavy atom. The van der Waals surface area contributed by atoms with Crippen LogP contribution in [0, 0.1) is 35.2 Å². The molecule has 25 heavy (non-hydrogen) atoms. The minimum atomic E-state index is -1.66. The van der Waals surface area contributed by atoms with Gasteiger partial charge in [-0.05, 0) is 50.4 Å². The Kier molecular flexibility index (Phi) is 5.87. The normalized spacial score (nSPS) is 31.6. The Balaban J connectivity index is 1.51. The van der Waals surface area contributed by atoms with Gasteiger partial charge in [-0.15, -0.1) is 0 Å². The minimum absolute atomic E-state index is 0.261. The van der Waals surface area contributed by atoms with E-state index >= 15 is 0 Å². The standard InChI is InChI=1S/C19H24F4O2/c1-11-2-7-17(24-10-11)12-3-5-13(6-4-12)19(23)25-14-8-15(20)18(22)16(21)9-14/h8-9,11-13,17,19H,2-7,10H2,1H3. The van der Waals surface area contributed by atoms with Crippen LogP contribution in [-0.2, 0) is 4.74 Å². The molecule has 6 heteroatoms. The topological polar surface area (TPSA) is 18.5 Å². The van der Waals surface area contributed by atoms with E-state index in [1.165, 1.54) is 6.42 Å². The Morgan fingerprint density at radius 2 is 1.64 bits per heavy atom. The van der Waals surface area contributed by atoms with Crippen LogP contribution in [0.5, 0.6) is 5.75 Å². The summed E-state index contributed by atoms with van der Waals surface area (Å²) in [7, 11) is 0. The molecule has 1 saturated heterocycles. The van der Waals surface area contributed by atoms with E-state index in [4.69, 9.17) is 9.47 Å². The van der Waals surface area contributed by atoms with E-state index in [0.29, 0.717) is 36.8 Å². The van der Waals surface area contributed by atoms with Crippen molar-refractivity contribution in [2.75, 3.05) is 6.61 Å². The average molecular weight is 360 g/mol. The van der Waals surface area contributed by atoms with Crippen LogP contribution in [-0.4, -0.2) is 19.1 Å². The molecule has 2 aliphatic rings. The number of halogens is 4. The lowest BCUT2D eigenvalue weighted by Gasteiger charge is -2.37. The highest BCUT2D eigenvalue weighted by Gasteiger charge is 2.34. The molecule has 1 aliphatic carbocycles. The molecule has 1 aromatic carbocycles. The summed E-state index contributed by atoms with van der Waals surface area (Å²) in [6.45, 7) is 2.97. The molecule has 3 atom stereocenters. The zero-order chi connectivity index (χ0) is 18.0. The van der Waals surface area contributed by atoms with Gasteiger partial charge in [-0.1, -0.05) is 6.92 Å². The van der Waals surface area contributed by atoms with Gasteiger partial charge in [0, 0.05) is 24.7 Å². The van der Waals surface area contributed by atoms with Gasteiger partial charge in [0.2, 0.25) is 6.36 Å². The van der Waals surface area contributed by atoms with Crippen LogP contribution in [0.15, 0.2) is 12.1 Å². The van der Waals surface area contributed by atoms with E-state index in [2.05, 4.69) is 6.92 Å². The molecule has 2 nitrogen and oxygen atoms in total. The van der Waals surface area contributed by atoms with Crippen molar-refractivity contribution in [2.24, 2.45) is 17.8 Å². The van der Waals surface area contributed by atoms with Crippen LogP contribution < -0.4 is 4.74 Å². The van der Waals surface area contributed by atoms with Gasteiger partial charge < -0.3 is 9.47 Å². The van der Waals surface area contributed by atoms with E-state index in [-0.39, 0.29) is 17.8 Å². The molecule has 140 valence electrons. The maximum Gasteiger partial charge on any atom is 0.241 e. The van der Waals surface area contributed by atoms with Crippen LogP contribution in [0.2, 0.25) is 0 Å². The van der Waals surface area contributed by atoms with Crippen LogP contribution in [0.25, 0.3) is 0 Å². The summed E-state index contributed by atoms with van der Waals surface area (Å²) in [5.41, 5.74) is 0. The Labute approximate surface area is 145 Å². The van der Waals surface area contributed by atoms with Crippen molar-refractivity contribution < 1.29 is 27.0 Å². The van der Waals surface area contributed by atoms with Crippen LogP contribution >= 0.6 is 0 Å². The highest BCUT2D eigenvalue weighted by atomic mass is 19.2. The highest BCUT2D eigenvalue weighted by Crippen LogP contribution is 2.38. The zero-order valence-corrected chi connectivity index (χ0v) is 14.3. The van der Waals surface area contributed by atoms with E-state index < -0.39 is 23.8 Å². The molecule has 0 spiro atoms. The van der Waals surface area contributed by atoms with Gasteiger partial charge in [-0.25, -0.2) is 17.6 Å². The molecule has 3 rings (SSSR count). The molecule has 1 aromatic rings. The first-order valence-electron chi connectivity index (χ1n) is 9.01. The predicted molar refractivity (Wildman–Crippen MR) is 85.4 cm³/mol.